The zero-order chi connectivity index (χ0) is 27.5. The van der Waals surface area contributed by atoms with Crippen LogP contribution >= 0.6 is 0 Å². The fraction of sp³-hybridized carbons (Fsp3) is 0.333. The Hall–Kier alpha value is -4.24. The van der Waals surface area contributed by atoms with E-state index in [0.717, 1.165) is 34.3 Å². The molecule has 0 atom stereocenters. The normalized spacial score (nSPS) is 13.6. The highest BCUT2D eigenvalue weighted by Gasteiger charge is 2.21. The summed E-state index contributed by atoms with van der Waals surface area (Å²) in [6, 6.07) is 13.3. The lowest BCUT2D eigenvalue weighted by Gasteiger charge is -2.27. The Bertz CT molecular complexity index is 1530. The number of hydrogen-bond acceptors (Lipinski definition) is 5. The number of carbonyl (C=O) groups excluding carboxylic acids is 3. The second kappa shape index (κ2) is 11.2. The van der Waals surface area contributed by atoms with E-state index in [-0.39, 0.29) is 24.1 Å². The Balaban J connectivity index is 1.35. The average Bonchev–Trinajstić information content (AvgIpc) is 3.50. The number of aromatic nitrogens is 3. The van der Waals surface area contributed by atoms with Crippen LogP contribution in [0.3, 0.4) is 0 Å². The van der Waals surface area contributed by atoms with Gasteiger partial charge in [0, 0.05) is 42.3 Å². The summed E-state index contributed by atoms with van der Waals surface area (Å²) in [6.45, 7) is 8.25. The van der Waals surface area contributed by atoms with Gasteiger partial charge in [-0.3, -0.25) is 14.4 Å². The van der Waals surface area contributed by atoms with Crippen molar-refractivity contribution < 1.29 is 19.1 Å². The van der Waals surface area contributed by atoms with Gasteiger partial charge in [0.25, 0.3) is 5.91 Å². The molecule has 0 bridgehead atoms. The number of ketones is 1. The van der Waals surface area contributed by atoms with E-state index in [9.17, 15) is 14.4 Å². The number of morpholine rings is 1. The number of rotatable bonds is 8. The first-order valence-electron chi connectivity index (χ1n) is 13.3. The number of anilines is 1. The summed E-state index contributed by atoms with van der Waals surface area (Å²) in [5, 5.41) is 8.18. The molecule has 39 heavy (non-hydrogen) atoms. The molecule has 0 unspecified atom stereocenters. The molecule has 0 aliphatic carbocycles. The SMILES string of the molecule is CCCC(=O)c1cnn(-c2ccc(NC(=O)c3cn(CC(=O)N4CCOCC4)c4ccc(C)cc34)cc2)c1C. The summed E-state index contributed by atoms with van der Waals surface area (Å²) in [4.78, 5) is 40.5. The van der Waals surface area contributed by atoms with Gasteiger partial charge < -0.3 is 19.5 Å². The minimum absolute atomic E-state index is 0.00629. The van der Waals surface area contributed by atoms with Crippen LogP contribution < -0.4 is 5.32 Å². The number of aryl methyl sites for hydroxylation is 1. The largest absolute Gasteiger partial charge is 0.378 e. The van der Waals surface area contributed by atoms with E-state index < -0.39 is 0 Å². The summed E-state index contributed by atoms with van der Waals surface area (Å²) in [5.41, 5.74) is 5.24. The summed E-state index contributed by atoms with van der Waals surface area (Å²) >= 11 is 0. The van der Waals surface area contributed by atoms with Crippen LogP contribution in [0.2, 0.25) is 0 Å². The van der Waals surface area contributed by atoms with Gasteiger partial charge in [-0.15, -0.1) is 0 Å². The first kappa shape index (κ1) is 26.4. The van der Waals surface area contributed by atoms with Gasteiger partial charge in [0.15, 0.2) is 5.78 Å². The molecule has 9 heteroatoms. The van der Waals surface area contributed by atoms with E-state index in [2.05, 4.69) is 10.4 Å². The zero-order valence-electron chi connectivity index (χ0n) is 22.6. The molecule has 2 amide bonds. The van der Waals surface area contributed by atoms with Gasteiger partial charge in [-0.05, 0) is 56.7 Å². The molecular weight excluding hydrogens is 494 g/mol. The zero-order valence-corrected chi connectivity index (χ0v) is 22.6. The van der Waals surface area contributed by atoms with Crippen molar-refractivity contribution in [1.29, 1.82) is 0 Å². The number of benzene rings is 2. The predicted molar refractivity (Wildman–Crippen MR) is 150 cm³/mol. The molecule has 4 aromatic rings. The third kappa shape index (κ3) is 5.49. The maximum absolute atomic E-state index is 13.4. The van der Waals surface area contributed by atoms with Gasteiger partial charge >= 0.3 is 0 Å². The lowest BCUT2D eigenvalue weighted by Crippen LogP contribution is -2.42. The molecule has 2 aromatic heterocycles. The Morgan fingerprint density at radius 1 is 1.00 bits per heavy atom. The number of hydrogen-bond donors (Lipinski definition) is 1. The molecule has 3 heterocycles. The van der Waals surface area contributed by atoms with Crippen molar-refractivity contribution in [3.8, 4) is 5.69 Å². The van der Waals surface area contributed by atoms with Crippen LogP contribution in [0.5, 0.6) is 0 Å². The predicted octanol–water partition coefficient (Wildman–Crippen LogP) is 4.54. The van der Waals surface area contributed by atoms with Crippen LogP contribution in [0.25, 0.3) is 16.6 Å². The van der Waals surface area contributed by atoms with Gasteiger partial charge in [-0.2, -0.15) is 5.10 Å². The highest BCUT2D eigenvalue weighted by molar-refractivity contribution is 6.13. The van der Waals surface area contributed by atoms with E-state index in [4.69, 9.17) is 4.74 Å². The van der Waals surface area contributed by atoms with Crippen molar-refractivity contribution in [3.63, 3.8) is 0 Å². The molecule has 0 radical (unpaired) electrons. The number of ether oxygens (including phenoxy) is 1. The quantitative estimate of drug-likeness (QED) is 0.339. The summed E-state index contributed by atoms with van der Waals surface area (Å²) in [5.74, 6) is -0.156. The number of nitrogens with one attached hydrogen (secondary N) is 1. The molecule has 1 fully saturated rings. The van der Waals surface area contributed by atoms with Crippen molar-refractivity contribution in [3.05, 3.63) is 77.2 Å². The monoisotopic (exact) mass is 527 g/mol. The van der Waals surface area contributed by atoms with E-state index in [1.54, 1.807) is 22.0 Å². The molecule has 1 N–H and O–H groups in total. The first-order chi connectivity index (χ1) is 18.9. The van der Waals surface area contributed by atoms with Gasteiger partial charge in [0.2, 0.25) is 5.91 Å². The second-order valence-electron chi connectivity index (χ2n) is 9.91. The van der Waals surface area contributed by atoms with E-state index >= 15 is 0 Å². The third-order valence-corrected chi connectivity index (χ3v) is 7.11. The number of fused-ring (bicyclic) bond motifs is 1. The Kier molecular flexibility index (Phi) is 7.60. The maximum Gasteiger partial charge on any atom is 0.257 e. The lowest BCUT2D eigenvalue weighted by atomic mass is 10.1. The van der Waals surface area contributed by atoms with Crippen LogP contribution in [0, 0.1) is 13.8 Å². The van der Waals surface area contributed by atoms with Crippen molar-refractivity contribution in [2.45, 2.75) is 40.2 Å². The number of Topliss-reactive ketones (excluding diaryl/α,β-unsaturated/α-hetero) is 1. The molecule has 202 valence electrons. The van der Waals surface area contributed by atoms with Gasteiger partial charge in [0.1, 0.15) is 6.54 Å². The molecule has 1 aliphatic heterocycles. The average molecular weight is 528 g/mol. The van der Waals surface area contributed by atoms with Crippen molar-refractivity contribution in [2.24, 2.45) is 0 Å². The topological polar surface area (TPSA) is 98.5 Å². The minimum Gasteiger partial charge on any atom is -0.378 e. The van der Waals surface area contributed by atoms with Crippen LogP contribution in [0.1, 0.15) is 51.7 Å². The Morgan fingerprint density at radius 2 is 1.74 bits per heavy atom. The molecular formula is C30H33N5O4. The maximum atomic E-state index is 13.4. The van der Waals surface area contributed by atoms with Gasteiger partial charge in [-0.1, -0.05) is 18.6 Å². The van der Waals surface area contributed by atoms with E-state index in [1.807, 2.05) is 67.8 Å². The Morgan fingerprint density at radius 3 is 2.46 bits per heavy atom. The van der Waals surface area contributed by atoms with E-state index in [1.165, 1.54) is 0 Å². The summed E-state index contributed by atoms with van der Waals surface area (Å²) in [6.07, 6.45) is 4.66. The summed E-state index contributed by atoms with van der Waals surface area (Å²) < 4.78 is 8.94. The van der Waals surface area contributed by atoms with Crippen molar-refractivity contribution >= 4 is 34.2 Å². The lowest BCUT2D eigenvalue weighted by molar-refractivity contribution is -0.135. The third-order valence-electron chi connectivity index (χ3n) is 7.11. The molecule has 1 saturated heterocycles. The standard InChI is InChI=1S/C30H33N5O4/c1-4-5-28(36)25-17-31-35(21(25)3)23-9-7-22(8-10-23)32-30(38)26-18-34(27-11-6-20(2)16-24(26)27)19-29(37)33-12-14-39-15-13-33/h6-11,16-18H,4-5,12-15,19H2,1-3H3,(H,32,38). The molecule has 9 nitrogen and oxygen atoms in total. The molecule has 0 saturated carbocycles. The first-order valence-corrected chi connectivity index (χ1v) is 13.3. The fourth-order valence-electron chi connectivity index (χ4n) is 4.97. The van der Waals surface area contributed by atoms with Crippen molar-refractivity contribution in [1.82, 2.24) is 19.2 Å². The van der Waals surface area contributed by atoms with Crippen LogP contribution in [0.15, 0.2) is 54.9 Å². The number of amides is 2. The molecule has 5 rings (SSSR count). The number of nitrogens with zero attached hydrogens (tertiary/aromatic N) is 4. The summed E-state index contributed by atoms with van der Waals surface area (Å²) in [7, 11) is 0. The molecule has 1 aliphatic rings. The second-order valence-corrected chi connectivity index (χ2v) is 9.91. The van der Waals surface area contributed by atoms with Crippen molar-refractivity contribution in [2.75, 3.05) is 31.6 Å². The Labute approximate surface area is 227 Å². The van der Waals surface area contributed by atoms with Crippen LogP contribution in [-0.4, -0.2) is 63.1 Å². The molecule has 0 spiro atoms. The fourth-order valence-corrected chi connectivity index (χ4v) is 4.97. The van der Waals surface area contributed by atoms with E-state index in [0.29, 0.717) is 49.5 Å². The van der Waals surface area contributed by atoms with Crippen LogP contribution in [-0.2, 0) is 16.1 Å². The highest BCUT2D eigenvalue weighted by atomic mass is 16.5. The van der Waals surface area contributed by atoms with Gasteiger partial charge in [-0.25, -0.2) is 4.68 Å². The smallest absolute Gasteiger partial charge is 0.257 e. The molecule has 2 aromatic carbocycles. The van der Waals surface area contributed by atoms with Gasteiger partial charge in [0.05, 0.1) is 41.9 Å². The highest BCUT2D eigenvalue weighted by Crippen LogP contribution is 2.25. The number of carbonyl (C=O) groups is 3. The van der Waals surface area contributed by atoms with Crippen LogP contribution in [0.4, 0.5) is 5.69 Å². The minimum atomic E-state index is -0.251.